The zero-order valence-corrected chi connectivity index (χ0v) is 11.5. The highest BCUT2D eigenvalue weighted by Crippen LogP contribution is 2.14. The number of aromatic nitrogens is 3. The van der Waals surface area contributed by atoms with Crippen molar-refractivity contribution in [1.29, 1.82) is 0 Å². The molecule has 4 N–H and O–H groups in total. The summed E-state index contributed by atoms with van der Waals surface area (Å²) in [5.74, 6) is -0.0341. The monoisotopic (exact) mass is 287 g/mol. The lowest BCUT2D eigenvalue weighted by molar-refractivity contribution is -0.119. The number of carbonyl (C=O) groups excluding carboxylic acids is 2. The molecule has 0 aliphatic carbocycles. The minimum atomic E-state index is -0.866. The smallest absolute Gasteiger partial charge is 0.343 e. The van der Waals surface area contributed by atoms with Crippen LogP contribution in [0.4, 0.5) is 4.79 Å². The summed E-state index contributed by atoms with van der Waals surface area (Å²) >= 11 is 1.28. The first-order valence-electron chi connectivity index (χ1n) is 5.92. The lowest BCUT2D eigenvalue weighted by Crippen LogP contribution is -2.35. The van der Waals surface area contributed by atoms with E-state index >= 15 is 0 Å². The Balaban J connectivity index is 2.47. The second-order valence-electron chi connectivity index (χ2n) is 3.83. The van der Waals surface area contributed by atoms with Crippen molar-refractivity contribution >= 4 is 23.7 Å². The fourth-order valence-electron chi connectivity index (χ4n) is 1.36. The number of carbonyl (C=O) groups is 2. The van der Waals surface area contributed by atoms with Crippen LogP contribution in [0.25, 0.3) is 0 Å². The maximum absolute atomic E-state index is 11.5. The van der Waals surface area contributed by atoms with Crippen LogP contribution in [-0.2, 0) is 11.3 Å². The third-order valence-corrected chi connectivity index (χ3v) is 3.26. The fourth-order valence-corrected chi connectivity index (χ4v) is 2.27. The third-order valence-electron chi connectivity index (χ3n) is 2.28. The highest BCUT2D eigenvalue weighted by molar-refractivity contribution is 7.99. The lowest BCUT2D eigenvalue weighted by atomic mass is 10.3. The molecule has 0 saturated heterocycles. The van der Waals surface area contributed by atoms with Crippen LogP contribution in [0.1, 0.15) is 26.2 Å². The van der Waals surface area contributed by atoms with E-state index in [0.717, 1.165) is 12.8 Å². The summed E-state index contributed by atoms with van der Waals surface area (Å²) in [5.41, 5.74) is 4.57. The molecule has 0 bridgehead atoms. The van der Waals surface area contributed by atoms with Gasteiger partial charge in [-0.25, -0.2) is 14.7 Å². The minimum Gasteiger partial charge on any atom is -0.351 e. The second-order valence-corrected chi connectivity index (χ2v) is 4.89. The largest absolute Gasteiger partial charge is 0.351 e. The number of rotatable bonds is 7. The summed E-state index contributed by atoms with van der Waals surface area (Å²) < 4.78 is 1.54. The van der Waals surface area contributed by atoms with Gasteiger partial charge in [0.15, 0.2) is 5.16 Å². The molecule has 0 unspecified atom stereocenters. The maximum atomic E-state index is 11.5. The molecule has 0 aliphatic rings. The van der Waals surface area contributed by atoms with Crippen LogP contribution in [0.15, 0.2) is 9.95 Å². The summed E-state index contributed by atoms with van der Waals surface area (Å²) in [6.45, 7) is 2.63. The number of hydrogen-bond acceptors (Lipinski definition) is 5. The zero-order valence-electron chi connectivity index (χ0n) is 10.6. The van der Waals surface area contributed by atoms with Crippen molar-refractivity contribution in [2.24, 2.45) is 5.73 Å². The van der Waals surface area contributed by atoms with Crippen LogP contribution in [-0.4, -0.2) is 32.5 Å². The van der Waals surface area contributed by atoms with E-state index in [1.54, 1.807) is 4.57 Å². The van der Waals surface area contributed by atoms with E-state index < -0.39 is 11.9 Å². The van der Waals surface area contributed by atoms with E-state index in [4.69, 9.17) is 5.73 Å². The average Bonchev–Trinajstić information content (AvgIpc) is 2.67. The Morgan fingerprint density at radius 1 is 1.53 bits per heavy atom. The van der Waals surface area contributed by atoms with E-state index in [9.17, 15) is 14.4 Å². The Kier molecular flexibility index (Phi) is 6.13. The van der Waals surface area contributed by atoms with Gasteiger partial charge in [-0.3, -0.25) is 14.7 Å². The average molecular weight is 287 g/mol. The van der Waals surface area contributed by atoms with Crippen molar-refractivity contribution in [3.05, 3.63) is 10.5 Å². The van der Waals surface area contributed by atoms with Gasteiger partial charge in [0.2, 0.25) is 5.91 Å². The van der Waals surface area contributed by atoms with Gasteiger partial charge in [0, 0.05) is 18.7 Å². The molecule has 1 aromatic heterocycles. The first-order chi connectivity index (χ1) is 9.04. The van der Waals surface area contributed by atoms with Crippen LogP contribution in [0.5, 0.6) is 0 Å². The number of H-pyrrole nitrogens is 1. The first-order valence-corrected chi connectivity index (χ1v) is 6.90. The highest BCUT2D eigenvalue weighted by atomic mass is 32.2. The summed E-state index contributed by atoms with van der Waals surface area (Å²) in [4.78, 5) is 33.1. The zero-order chi connectivity index (χ0) is 14.3. The molecule has 106 valence electrons. The van der Waals surface area contributed by atoms with Gasteiger partial charge in [-0.2, -0.15) is 0 Å². The summed E-state index contributed by atoms with van der Waals surface area (Å²) in [5, 5.41) is 8.79. The number of nitrogens with two attached hydrogens (primary N) is 1. The Morgan fingerprint density at radius 2 is 2.26 bits per heavy atom. The van der Waals surface area contributed by atoms with Gasteiger partial charge in [0.25, 0.3) is 0 Å². The lowest BCUT2D eigenvalue weighted by Gasteiger charge is -2.04. The number of hydrogen-bond donors (Lipinski definition) is 3. The van der Waals surface area contributed by atoms with Gasteiger partial charge in [-0.05, 0) is 6.42 Å². The number of nitrogens with zero attached hydrogens (tertiary/aromatic N) is 2. The number of imide groups is 1. The molecule has 0 saturated carbocycles. The molecule has 8 nitrogen and oxygen atoms in total. The van der Waals surface area contributed by atoms with E-state index in [2.05, 4.69) is 10.2 Å². The predicted octanol–water partition coefficient (Wildman–Crippen LogP) is 0.0486. The molecule has 0 aliphatic heterocycles. The van der Waals surface area contributed by atoms with Crippen molar-refractivity contribution in [3.63, 3.8) is 0 Å². The molecule has 1 heterocycles. The normalized spacial score (nSPS) is 10.4. The molecule has 0 radical (unpaired) electrons. The molecule has 0 spiro atoms. The topological polar surface area (TPSA) is 123 Å². The van der Waals surface area contributed by atoms with Crippen LogP contribution in [0.2, 0.25) is 0 Å². The van der Waals surface area contributed by atoms with E-state index in [1.165, 1.54) is 11.8 Å². The van der Waals surface area contributed by atoms with Gasteiger partial charge in [0.05, 0.1) is 0 Å². The SMILES string of the molecule is CCCCn1c(SCCC(=O)NC(N)=O)n[nH]c1=O. The maximum Gasteiger partial charge on any atom is 0.343 e. The molecule has 19 heavy (non-hydrogen) atoms. The molecular weight excluding hydrogens is 270 g/mol. The Bertz CT molecular complexity index is 496. The number of amides is 3. The quantitative estimate of drug-likeness (QED) is 0.611. The van der Waals surface area contributed by atoms with E-state index in [1.807, 2.05) is 12.2 Å². The summed E-state index contributed by atoms with van der Waals surface area (Å²) in [6.07, 6.45) is 1.99. The standard InChI is InChI=1S/C10H17N5O3S/c1-2-3-5-15-9(18)13-14-10(15)19-6-4-7(16)12-8(11)17/h2-6H2,1H3,(H,13,18)(H3,11,12,16,17). The molecule has 1 rings (SSSR count). The number of urea groups is 1. The molecule has 3 amide bonds. The molecule has 0 aromatic carbocycles. The van der Waals surface area contributed by atoms with Crippen molar-refractivity contribution in [2.75, 3.05) is 5.75 Å². The first kappa shape index (κ1) is 15.3. The van der Waals surface area contributed by atoms with Crippen LogP contribution in [0, 0.1) is 0 Å². The molecular formula is C10H17N5O3S. The van der Waals surface area contributed by atoms with Crippen LogP contribution in [0.3, 0.4) is 0 Å². The van der Waals surface area contributed by atoms with E-state index in [-0.39, 0.29) is 12.1 Å². The molecule has 0 atom stereocenters. The third kappa shape index (κ3) is 5.16. The van der Waals surface area contributed by atoms with Gasteiger partial charge in [0.1, 0.15) is 0 Å². The van der Waals surface area contributed by atoms with Crippen molar-refractivity contribution in [3.8, 4) is 0 Å². The van der Waals surface area contributed by atoms with Crippen LogP contribution >= 0.6 is 11.8 Å². The van der Waals surface area contributed by atoms with Gasteiger partial charge >= 0.3 is 11.7 Å². The number of unbranched alkanes of at least 4 members (excludes halogenated alkanes) is 1. The number of primary amides is 1. The summed E-state index contributed by atoms with van der Waals surface area (Å²) in [7, 11) is 0. The van der Waals surface area contributed by atoms with Crippen molar-refractivity contribution < 1.29 is 9.59 Å². The highest BCUT2D eigenvalue weighted by Gasteiger charge is 2.10. The minimum absolute atomic E-state index is 0.127. The number of thioether (sulfide) groups is 1. The van der Waals surface area contributed by atoms with E-state index in [0.29, 0.717) is 17.5 Å². The number of nitrogens with one attached hydrogen (secondary N) is 2. The van der Waals surface area contributed by atoms with Crippen LogP contribution < -0.4 is 16.7 Å². The Labute approximate surface area is 114 Å². The van der Waals surface area contributed by atoms with Gasteiger partial charge in [-0.15, -0.1) is 5.10 Å². The van der Waals surface area contributed by atoms with Crippen molar-refractivity contribution in [1.82, 2.24) is 20.1 Å². The summed E-state index contributed by atoms with van der Waals surface area (Å²) in [6, 6.07) is -0.866. The predicted molar refractivity (Wildman–Crippen MR) is 70.8 cm³/mol. The van der Waals surface area contributed by atoms with Gasteiger partial charge in [-0.1, -0.05) is 25.1 Å². The van der Waals surface area contributed by atoms with Gasteiger partial charge < -0.3 is 5.73 Å². The second kappa shape index (κ2) is 7.62. The molecule has 0 fully saturated rings. The van der Waals surface area contributed by atoms with Crippen molar-refractivity contribution in [2.45, 2.75) is 37.9 Å². The Morgan fingerprint density at radius 3 is 2.89 bits per heavy atom. The fraction of sp³-hybridized carbons (Fsp3) is 0.600. The molecule has 1 aromatic rings. The Hall–Kier alpha value is -1.77. The number of aromatic amines is 1. The molecule has 9 heteroatoms.